The van der Waals surface area contributed by atoms with E-state index in [1.807, 2.05) is 6.07 Å². The quantitative estimate of drug-likeness (QED) is 0.395. The molecule has 0 saturated heterocycles. The molecule has 1 aromatic heterocycles. The summed E-state index contributed by atoms with van der Waals surface area (Å²) in [5.74, 6) is 0.197. The zero-order chi connectivity index (χ0) is 18.0. The van der Waals surface area contributed by atoms with E-state index in [2.05, 4.69) is 4.98 Å². The Morgan fingerprint density at radius 3 is 2.76 bits per heavy atom. The monoisotopic (exact) mass is 357 g/mol. The van der Waals surface area contributed by atoms with Crippen LogP contribution >= 0.6 is 11.8 Å². The van der Waals surface area contributed by atoms with Crippen molar-refractivity contribution in [3.8, 4) is 5.75 Å². The third-order valence-electron chi connectivity index (χ3n) is 3.58. The molecule has 0 unspecified atom stereocenters. The van der Waals surface area contributed by atoms with E-state index in [4.69, 9.17) is 4.74 Å². The number of nitro benzene ring substituents is 1. The van der Waals surface area contributed by atoms with Gasteiger partial charge in [0, 0.05) is 24.1 Å². The van der Waals surface area contributed by atoms with Crippen LogP contribution in [0.2, 0.25) is 0 Å². The normalized spacial score (nSPS) is 10.8. The first-order valence-electron chi connectivity index (χ1n) is 7.56. The van der Waals surface area contributed by atoms with Crippen molar-refractivity contribution >= 4 is 28.4 Å². The summed E-state index contributed by atoms with van der Waals surface area (Å²) in [5.41, 5.74) is 0.381. The zero-order valence-corrected chi connectivity index (χ0v) is 14.4. The third kappa shape index (κ3) is 3.34. The Hall–Kier alpha value is -2.87. The van der Waals surface area contributed by atoms with Crippen molar-refractivity contribution in [1.29, 1.82) is 0 Å². The summed E-state index contributed by atoms with van der Waals surface area (Å²) < 4.78 is 6.82. The molecule has 0 bridgehead atoms. The Balaban J connectivity index is 2.04. The van der Waals surface area contributed by atoms with Crippen LogP contribution in [0.3, 0.4) is 0 Å². The molecule has 8 heteroatoms. The van der Waals surface area contributed by atoms with E-state index in [1.54, 1.807) is 44.3 Å². The van der Waals surface area contributed by atoms with Crippen molar-refractivity contribution in [2.24, 2.45) is 7.05 Å². The molecule has 2 aromatic carbocycles. The Morgan fingerprint density at radius 2 is 2.04 bits per heavy atom. The second-order valence-electron chi connectivity index (χ2n) is 5.20. The SMILES string of the molecule is CCOc1cc(Sc2nc3ccccc3c(=O)n2C)ccc1[N+](=O)[O-]. The van der Waals surface area contributed by atoms with Crippen LogP contribution in [0.15, 0.2) is 57.3 Å². The van der Waals surface area contributed by atoms with Crippen LogP contribution in [0.5, 0.6) is 5.75 Å². The number of hydrogen-bond acceptors (Lipinski definition) is 6. The van der Waals surface area contributed by atoms with Gasteiger partial charge in [0.25, 0.3) is 5.56 Å². The van der Waals surface area contributed by atoms with Crippen LogP contribution in [0.4, 0.5) is 5.69 Å². The van der Waals surface area contributed by atoms with Gasteiger partial charge in [-0.25, -0.2) is 4.98 Å². The highest BCUT2D eigenvalue weighted by molar-refractivity contribution is 7.99. The van der Waals surface area contributed by atoms with Crippen molar-refractivity contribution in [3.63, 3.8) is 0 Å². The summed E-state index contributed by atoms with van der Waals surface area (Å²) in [6.45, 7) is 2.08. The molecule has 0 spiro atoms. The average Bonchev–Trinajstić information content (AvgIpc) is 2.60. The molecule has 3 rings (SSSR count). The molecule has 0 aliphatic carbocycles. The van der Waals surface area contributed by atoms with Crippen molar-refractivity contribution in [2.75, 3.05) is 6.61 Å². The van der Waals surface area contributed by atoms with Crippen molar-refractivity contribution < 1.29 is 9.66 Å². The number of nitrogens with zero attached hydrogens (tertiary/aromatic N) is 3. The summed E-state index contributed by atoms with van der Waals surface area (Å²) in [7, 11) is 1.65. The van der Waals surface area contributed by atoms with E-state index in [-0.39, 0.29) is 17.0 Å². The number of aromatic nitrogens is 2. The average molecular weight is 357 g/mol. The second kappa shape index (κ2) is 6.94. The highest BCUT2D eigenvalue weighted by atomic mass is 32.2. The van der Waals surface area contributed by atoms with Crippen LogP contribution in [-0.2, 0) is 7.05 Å². The molecular formula is C17H15N3O4S. The van der Waals surface area contributed by atoms with Crippen molar-refractivity contribution in [1.82, 2.24) is 9.55 Å². The van der Waals surface area contributed by atoms with Gasteiger partial charge in [0.15, 0.2) is 10.9 Å². The molecule has 0 radical (unpaired) electrons. The number of fused-ring (bicyclic) bond motifs is 1. The maximum atomic E-state index is 12.4. The van der Waals surface area contributed by atoms with E-state index in [9.17, 15) is 14.9 Å². The largest absolute Gasteiger partial charge is 0.487 e. The highest BCUT2D eigenvalue weighted by Crippen LogP contribution is 2.34. The first-order chi connectivity index (χ1) is 12.0. The number of nitro groups is 1. The predicted molar refractivity (Wildman–Crippen MR) is 95.4 cm³/mol. The Morgan fingerprint density at radius 1 is 1.28 bits per heavy atom. The molecule has 0 aliphatic heterocycles. The van der Waals surface area contributed by atoms with Gasteiger partial charge >= 0.3 is 5.69 Å². The van der Waals surface area contributed by atoms with Gasteiger partial charge in [0.05, 0.1) is 22.4 Å². The fourth-order valence-corrected chi connectivity index (χ4v) is 3.25. The third-order valence-corrected chi connectivity index (χ3v) is 4.62. The Bertz CT molecular complexity index is 1020. The van der Waals surface area contributed by atoms with Crippen LogP contribution in [-0.4, -0.2) is 21.1 Å². The molecule has 25 heavy (non-hydrogen) atoms. The fourth-order valence-electron chi connectivity index (χ4n) is 2.37. The molecule has 0 aliphatic rings. The van der Waals surface area contributed by atoms with E-state index in [1.165, 1.54) is 22.4 Å². The van der Waals surface area contributed by atoms with E-state index >= 15 is 0 Å². The number of benzene rings is 2. The molecule has 0 amide bonds. The summed E-state index contributed by atoms with van der Waals surface area (Å²) in [6.07, 6.45) is 0. The molecule has 7 nitrogen and oxygen atoms in total. The van der Waals surface area contributed by atoms with Gasteiger partial charge in [-0.15, -0.1) is 0 Å². The first kappa shape index (κ1) is 17.0. The van der Waals surface area contributed by atoms with Gasteiger partial charge in [0.2, 0.25) is 0 Å². The van der Waals surface area contributed by atoms with Gasteiger partial charge in [0.1, 0.15) is 0 Å². The summed E-state index contributed by atoms with van der Waals surface area (Å²) >= 11 is 1.25. The predicted octanol–water partition coefficient (Wildman–Crippen LogP) is 3.39. The molecule has 0 N–H and O–H groups in total. The van der Waals surface area contributed by atoms with Gasteiger partial charge in [-0.05, 0) is 25.1 Å². The highest BCUT2D eigenvalue weighted by Gasteiger charge is 2.17. The van der Waals surface area contributed by atoms with Gasteiger partial charge in [-0.1, -0.05) is 23.9 Å². The van der Waals surface area contributed by atoms with Gasteiger partial charge < -0.3 is 4.74 Å². The first-order valence-corrected chi connectivity index (χ1v) is 8.37. The molecule has 0 saturated carbocycles. The van der Waals surface area contributed by atoms with Crippen LogP contribution in [0.1, 0.15) is 6.92 Å². The topological polar surface area (TPSA) is 87.3 Å². The van der Waals surface area contributed by atoms with Crippen LogP contribution in [0, 0.1) is 10.1 Å². The lowest BCUT2D eigenvalue weighted by Gasteiger charge is -2.10. The summed E-state index contributed by atoms with van der Waals surface area (Å²) in [6, 6.07) is 11.7. The second-order valence-corrected chi connectivity index (χ2v) is 6.24. The van der Waals surface area contributed by atoms with E-state index in [0.29, 0.717) is 27.6 Å². The lowest BCUT2D eigenvalue weighted by molar-refractivity contribution is -0.385. The molecule has 128 valence electrons. The Labute approximate surface area is 147 Å². The van der Waals surface area contributed by atoms with Gasteiger partial charge in [-0.3, -0.25) is 19.5 Å². The standard InChI is InChI=1S/C17H15N3O4S/c1-3-24-15-10-11(8-9-14(15)20(22)23)25-17-18-13-7-5-4-6-12(13)16(21)19(17)2/h4-10H,3H2,1-2H3. The number of ether oxygens (including phenoxy) is 1. The number of hydrogen-bond donors (Lipinski definition) is 0. The lowest BCUT2D eigenvalue weighted by atomic mass is 10.2. The minimum Gasteiger partial charge on any atom is -0.487 e. The number of rotatable bonds is 5. The number of para-hydroxylation sites is 1. The van der Waals surface area contributed by atoms with Crippen LogP contribution < -0.4 is 10.3 Å². The van der Waals surface area contributed by atoms with E-state index in [0.717, 1.165) is 0 Å². The molecular weight excluding hydrogens is 342 g/mol. The van der Waals surface area contributed by atoms with Crippen LogP contribution in [0.25, 0.3) is 10.9 Å². The summed E-state index contributed by atoms with van der Waals surface area (Å²) in [5, 5.41) is 12.1. The molecule has 0 fully saturated rings. The van der Waals surface area contributed by atoms with Crippen molar-refractivity contribution in [2.45, 2.75) is 17.0 Å². The minimum atomic E-state index is -0.483. The van der Waals surface area contributed by atoms with Crippen molar-refractivity contribution in [3.05, 3.63) is 62.9 Å². The lowest BCUT2D eigenvalue weighted by Crippen LogP contribution is -2.19. The van der Waals surface area contributed by atoms with Gasteiger partial charge in [-0.2, -0.15) is 0 Å². The maximum Gasteiger partial charge on any atom is 0.310 e. The molecule has 3 aromatic rings. The molecule has 1 heterocycles. The van der Waals surface area contributed by atoms with E-state index < -0.39 is 4.92 Å². The molecule has 0 atom stereocenters. The maximum absolute atomic E-state index is 12.4. The minimum absolute atomic E-state index is 0.0911. The summed E-state index contributed by atoms with van der Waals surface area (Å²) in [4.78, 5) is 28.3. The smallest absolute Gasteiger partial charge is 0.310 e. The zero-order valence-electron chi connectivity index (χ0n) is 13.6. The Kier molecular flexibility index (Phi) is 4.71. The fraction of sp³-hybridized carbons (Fsp3) is 0.176.